The van der Waals surface area contributed by atoms with Crippen LogP contribution in [0, 0.1) is 11.3 Å². The lowest BCUT2D eigenvalue weighted by molar-refractivity contribution is 0.0925. The highest BCUT2D eigenvalue weighted by Gasteiger charge is 2.38. The fraction of sp³-hybridized carbons (Fsp3) is 0.300. The summed E-state index contributed by atoms with van der Waals surface area (Å²) in [7, 11) is 1.36. The van der Waals surface area contributed by atoms with Crippen molar-refractivity contribution in [1.29, 1.82) is 5.26 Å². The number of imide groups is 1. The molecule has 2 amide bonds. The van der Waals surface area contributed by atoms with Gasteiger partial charge in [0.25, 0.3) is 11.8 Å². The molecule has 28 heavy (non-hydrogen) atoms. The first-order valence-corrected chi connectivity index (χ1v) is 9.31. The van der Waals surface area contributed by atoms with Crippen molar-refractivity contribution in [1.82, 2.24) is 4.98 Å². The number of halogens is 1. The molecule has 8 heteroatoms. The Labute approximate surface area is 167 Å². The molecule has 0 aliphatic carbocycles. The molecule has 7 nitrogen and oxygen atoms in total. The lowest BCUT2D eigenvalue weighted by Crippen LogP contribution is -2.30. The minimum absolute atomic E-state index is 0.0318. The molecule has 2 aromatic rings. The molecule has 0 saturated heterocycles. The topological polar surface area (TPSA) is 92.5 Å². The minimum atomic E-state index is -0.489. The zero-order chi connectivity index (χ0) is 20.1. The predicted molar refractivity (Wildman–Crippen MR) is 103 cm³/mol. The van der Waals surface area contributed by atoms with E-state index in [2.05, 4.69) is 4.98 Å². The van der Waals surface area contributed by atoms with Gasteiger partial charge in [0.2, 0.25) is 5.88 Å². The summed E-state index contributed by atoms with van der Waals surface area (Å²) in [6.45, 7) is 0.509. The Bertz CT molecular complexity index is 955. The Morgan fingerprint density at radius 3 is 2.61 bits per heavy atom. The van der Waals surface area contributed by atoms with Crippen molar-refractivity contribution in [2.24, 2.45) is 0 Å². The van der Waals surface area contributed by atoms with Gasteiger partial charge in [-0.3, -0.25) is 9.59 Å². The van der Waals surface area contributed by atoms with Crippen molar-refractivity contribution in [3.05, 3.63) is 47.2 Å². The molecule has 0 radical (unpaired) electrons. The maximum atomic E-state index is 12.9. The van der Waals surface area contributed by atoms with E-state index < -0.39 is 11.8 Å². The van der Waals surface area contributed by atoms with Gasteiger partial charge in [0.05, 0.1) is 24.8 Å². The van der Waals surface area contributed by atoms with Crippen LogP contribution in [0.2, 0.25) is 0 Å². The first kappa shape index (κ1) is 19.6. The van der Waals surface area contributed by atoms with Gasteiger partial charge in [0, 0.05) is 5.88 Å². The molecular formula is C20H18ClN3O4. The number of carbonyl (C=O) groups is 2. The van der Waals surface area contributed by atoms with E-state index in [9.17, 15) is 9.59 Å². The third-order valence-corrected chi connectivity index (χ3v) is 4.56. The second-order valence-electron chi connectivity index (χ2n) is 6.09. The van der Waals surface area contributed by atoms with Crippen LogP contribution in [0.4, 0.5) is 5.69 Å². The smallest absolute Gasteiger partial charge is 0.266 e. The SMILES string of the molecule is COc1nc(C#N)ccc1N1C(=O)c2ccc(OCCCCCCl)cc2C1=O. The van der Waals surface area contributed by atoms with E-state index >= 15 is 0 Å². The maximum absolute atomic E-state index is 12.9. The molecule has 0 atom stereocenters. The van der Waals surface area contributed by atoms with Crippen LogP contribution in [-0.4, -0.2) is 36.4 Å². The number of ether oxygens (including phenoxy) is 2. The number of carbonyl (C=O) groups excluding carboxylic acids is 2. The van der Waals surface area contributed by atoms with E-state index in [0.717, 1.165) is 24.2 Å². The number of alkyl halides is 1. The second-order valence-corrected chi connectivity index (χ2v) is 6.47. The second kappa shape index (κ2) is 8.72. The predicted octanol–water partition coefficient (Wildman–Crippen LogP) is 3.55. The Hall–Kier alpha value is -3.11. The van der Waals surface area contributed by atoms with E-state index in [1.54, 1.807) is 18.2 Å². The van der Waals surface area contributed by atoms with Crippen LogP contribution >= 0.6 is 11.6 Å². The number of aromatic nitrogens is 1. The number of nitriles is 1. The van der Waals surface area contributed by atoms with Crippen molar-refractivity contribution in [2.45, 2.75) is 19.3 Å². The van der Waals surface area contributed by atoms with Crippen molar-refractivity contribution >= 4 is 29.1 Å². The number of fused-ring (bicyclic) bond motifs is 1. The van der Waals surface area contributed by atoms with Crippen LogP contribution in [0.5, 0.6) is 11.6 Å². The van der Waals surface area contributed by atoms with Crippen molar-refractivity contribution in [3.8, 4) is 17.7 Å². The van der Waals surface area contributed by atoms with Crippen molar-refractivity contribution in [2.75, 3.05) is 24.5 Å². The van der Waals surface area contributed by atoms with E-state index in [-0.39, 0.29) is 28.4 Å². The number of methoxy groups -OCH3 is 1. The van der Waals surface area contributed by atoms with Crippen LogP contribution in [0.25, 0.3) is 0 Å². The van der Waals surface area contributed by atoms with Crippen LogP contribution in [-0.2, 0) is 0 Å². The molecule has 0 bridgehead atoms. The monoisotopic (exact) mass is 399 g/mol. The number of hydrogen-bond acceptors (Lipinski definition) is 6. The largest absolute Gasteiger partial charge is 0.494 e. The van der Waals surface area contributed by atoms with Gasteiger partial charge < -0.3 is 9.47 Å². The van der Waals surface area contributed by atoms with Gasteiger partial charge in [0.1, 0.15) is 23.2 Å². The number of pyridine rings is 1. The van der Waals surface area contributed by atoms with E-state index in [4.69, 9.17) is 26.3 Å². The Morgan fingerprint density at radius 2 is 1.89 bits per heavy atom. The highest BCUT2D eigenvalue weighted by molar-refractivity contribution is 6.34. The lowest BCUT2D eigenvalue weighted by atomic mass is 10.1. The van der Waals surface area contributed by atoms with Gasteiger partial charge in [-0.05, 0) is 49.6 Å². The van der Waals surface area contributed by atoms with Crippen LogP contribution in [0.3, 0.4) is 0 Å². The first-order chi connectivity index (χ1) is 13.6. The van der Waals surface area contributed by atoms with Crippen molar-refractivity contribution < 1.29 is 19.1 Å². The number of rotatable bonds is 8. The quantitative estimate of drug-likeness (QED) is 0.383. The van der Waals surface area contributed by atoms with E-state index in [1.165, 1.54) is 19.2 Å². The molecule has 144 valence electrons. The van der Waals surface area contributed by atoms with Crippen LogP contribution < -0.4 is 14.4 Å². The van der Waals surface area contributed by atoms with E-state index in [0.29, 0.717) is 18.2 Å². The van der Waals surface area contributed by atoms with Gasteiger partial charge in [-0.25, -0.2) is 9.88 Å². The number of nitrogens with zero attached hydrogens (tertiary/aromatic N) is 3. The molecule has 0 N–H and O–H groups in total. The fourth-order valence-electron chi connectivity index (χ4n) is 2.91. The number of amides is 2. The zero-order valence-corrected chi connectivity index (χ0v) is 16.0. The molecule has 3 rings (SSSR count). The number of benzene rings is 1. The molecular weight excluding hydrogens is 382 g/mol. The molecule has 0 fully saturated rings. The summed E-state index contributed by atoms with van der Waals surface area (Å²) in [5.41, 5.74) is 0.860. The summed E-state index contributed by atoms with van der Waals surface area (Å²) in [6.07, 6.45) is 2.75. The molecule has 1 aromatic carbocycles. The average Bonchev–Trinajstić information content (AvgIpc) is 2.97. The first-order valence-electron chi connectivity index (χ1n) is 8.77. The Balaban J connectivity index is 1.83. The van der Waals surface area contributed by atoms with Gasteiger partial charge in [-0.2, -0.15) is 5.26 Å². The molecule has 0 unspecified atom stereocenters. The fourth-order valence-corrected chi connectivity index (χ4v) is 3.10. The lowest BCUT2D eigenvalue weighted by Gasteiger charge is -2.16. The normalized spacial score (nSPS) is 12.7. The van der Waals surface area contributed by atoms with Crippen LogP contribution in [0.1, 0.15) is 45.7 Å². The number of anilines is 1. The highest BCUT2D eigenvalue weighted by atomic mass is 35.5. The molecule has 1 aliphatic rings. The molecule has 0 spiro atoms. The average molecular weight is 400 g/mol. The van der Waals surface area contributed by atoms with Gasteiger partial charge in [0.15, 0.2) is 0 Å². The standard InChI is InChI=1S/C20H18ClN3O4/c1-27-18-17(8-5-13(12-22)23-18)24-19(25)15-7-6-14(11-16(15)20(24)26)28-10-4-2-3-9-21/h5-8,11H,2-4,9-10H2,1H3. The summed E-state index contributed by atoms with van der Waals surface area (Å²) < 4.78 is 10.8. The summed E-state index contributed by atoms with van der Waals surface area (Å²) >= 11 is 5.65. The maximum Gasteiger partial charge on any atom is 0.266 e. The molecule has 1 aliphatic heterocycles. The summed E-state index contributed by atoms with van der Waals surface area (Å²) in [5.74, 6) is 0.219. The van der Waals surface area contributed by atoms with Gasteiger partial charge >= 0.3 is 0 Å². The zero-order valence-electron chi connectivity index (χ0n) is 15.3. The Morgan fingerprint density at radius 1 is 1.11 bits per heavy atom. The highest BCUT2D eigenvalue weighted by Crippen LogP contribution is 2.35. The number of unbranched alkanes of at least 4 members (excludes halogenated alkanes) is 2. The van der Waals surface area contributed by atoms with E-state index in [1.807, 2.05) is 6.07 Å². The summed E-state index contributed by atoms with van der Waals surface area (Å²) in [4.78, 5) is 30.7. The molecule has 2 heterocycles. The summed E-state index contributed by atoms with van der Waals surface area (Å²) in [6, 6.07) is 9.61. The minimum Gasteiger partial charge on any atom is -0.494 e. The molecule has 0 saturated carbocycles. The van der Waals surface area contributed by atoms with Crippen molar-refractivity contribution in [3.63, 3.8) is 0 Å². The van der Waals surface area contributed by atoms with Gasteiger partial charge in [-0.1, -0.05) is 0 Å². The molecule has 1 aromatic heterocycles. The third kappa shape index (κ3) is 3.78. The summed E-state index contributed by atoms with van der Waals surface area (Å²) in [5, 5.41) is 8.97. The third-order valence-electron chi connectivity index (χ3n) is 4.29. The number of hydrogen-bond donors (Lipinski definition) is 0. The van der Waals surface area contributed by atoms with Gasteiger partial charge in [-0.15, -0.1) is 11.6 Å². The Kier molecular flexibility index (Phi) is 6.12. The van der Waals surface area contributed by atoms with Crippen LogP contribution in [0.15, 0.2) is 30.3 Å².